The van der Waals surface area contributed by atoms with Crippen LogP contribution in [0.4, 0.5) is 0 Å². The highest BCUT2D eigenvalue weighted by Gasteiger charge is 2.10. The van der Waals surface area contributed by atoms with E-state index in [1.54, 1.807) is 7.05 Å². The van der Waals surface area contributed by atoms with Crippen molar-refractivity contribution >= 4 is 29.9 Å². The Morgan fingerprint density at radius 2 is 1.76 bits per heavy atom. The molecule has 0 amide bonds. The Labute approximate surface area is 191 Å². The van der Waals surface area contributed by atoms with Gasteiger partial charge in [-0.1, -0.05) is 37.1 Å². The van der Waals surface area contributed by atoms with Crippen LogP contribution >= 0.6 is 24.0 Å². The number of rotatable bonds is 6. The molecule has 0 spiro atoms. The van der Waals surface area contributed by atoms with Crippen molar-refractivity contribution < 1.29 is 4.42 Å². The second kappa shape index (κ2) is 12.2. The van der Waals surface area contributed by atoms with E-state index in [0.29, 0.717) is 12.4 Å². The van der Waals surface area contributed by atoms with Gasteiger partial charge >= 0.3 is 0 Å². The maximum absolute atomic E-state index is 5.61. The summed E-state index contributed by atoms with van der Waals surface area (Å²) in [7, 11) is 1.77. The Morgan fingerprint density at radius 1 is 1.07 bits per heavy atom. The minimum atomic E-state index is 0. The van der Waals surface area contributed by atoms with Crippen LogP contribution in [0.1, 0.15) is 54.2 Å². The molecule has 1 saturated heterocycles. The topological polar surface area (TPSA) is 65.7 Å². The van der Waals surface area contributed by atoms with Crippen LogP contribution in [-0.4, -0.2) is 36.0 Å². The van der Waals surface area contributed by atoms with Crippen molar-refractivity contribution in [1.29, 1.82) is 0 Å². The van der Waals surface area contributed by atoms with Gasteiger partial charge in [0.05, 0.1) is 12.2 Å². The quantitative estimate of drug-likeness (QED) is 0.347. The third kappa shape index (κ3) is 7.62. The predicted molar refractivity (Wildman–Crippen MR) is 129 cm³/mol. The summed E-state index contributed by atoms with van der Waals surface area (Å²) in [4.78, 5) is 11.3. The molecule has 0 saturated carbocycles. The normalized spacial score (nSPS) is 15.5. The van der Waals surface area contributed by atoms with Gasteiger partial charge in [0.15, 0.2) is 5.96 Å². The average Bonchev–Trinajstić information content (AvgIpc) is 2.87. The summed E-state index contributed by atoms with van der Waals surface area (Å²) in [5.74, 6) is 2.28. The molecule has 1 aliphatic rings. The molecule has 1 fully saturated rings. The molecular weight excluding hydrogens is 477 g/mol. The van der Waals surface area contributed by atoms with Gasteiger partial charge in [0.1, 0.15) is 5.76 Å². The molecule has 0 unspecified atom stereocenters. The van der Waals surface area contributed by atoms with E-state index in [2.05, 4.69) is 49.8 Å². The van der Waals surface area contributed by atoms with Crippen LogP contribution in [0, 0.1) is 13.8 Å². The van der Waals surface area contributed by atoms with Crippen LogP contribution in [0.25, 0.3) is 0 Å². The summed E-state index contributed by atoms with van der Waals surface area (Å²) in [6, 6.07) is 8.84. The van der Waals surface area contributed by atoms with Crippen molar-refractivity contribution in [3.8, 4) is 0 Å². The van der Waals surface area contributed by atoms with Crippen molar-refractivity contribution in [3.05, 3.63) is 52.7 Å². The Bertz CT molecular complexity index is 762. The molecule has 160 valence electrons. The zero-order chi connectivity index (χ0) is 19.8. The summed E-state index contributed by atoms with van der Waals surface area (Å²) in [5.41, 5.74) is 3.58. The SMILES string of the molecule is CN=C(NCc1cccc(CN2CCCCCC2)c1)NCc1nc(C)c(C)o1.I. The number of nitrogens with one attached hydrogen (secondary N) is 2. The third-order valence-electron chi connectivity index (χ3n) is 5.26. The van der Waals surface area contributed by atoms with Gasteiger partial charge in [-0.2, -0.15) is 0 Å². The molecule has 7 heteroatoms. The van der Waals surface area contributed by atoms with Crippen molar-refractivity contribution in [3.63, 3.8) is 0 Å². The first-order chi connectivity index (χ1) is 13.6. The van der Waals surface area contributed by atoms with Crippen molar-refractivity contribution in [2.45, 2.75) is 59.2 Å². The number of aromatic nitrogens is 1. The Morgan fingerprint density at radius 3 is 2.41 bits per heavy atom. The fourth-order valence-corrected chi connectivity index (χ4v) is 3.57. The minimum Gasteiger partial charge on any atom is -0.444 e. The predicted octanol–water partition coefficient (Wildman–Crippen LogP) is 4.15. The molecule has 0 atom stereocenters. The van der Waals surface area contributed by atoms with Crippen LogP contribution in [0.15, 0.2) is 33.7 Å². The molecule has 1 aliphatic heterocycles. The third-order valence-corrected chi connectivity index (χ3v) is 5.26. The lowest BCUT2D eigenvalue weighted by Gasteiger charge is -2.20. The zero-order valence-electron chi connectivity index (χ0n) is 17.8. The van der Waals surface area contributed by atoms with E-state index in [0.717, 1.165) is 30.5 Å². The summed E-state index contributed by atoms with van der Waals surface area (Å²) in [6.07, 6.45) is 5.40. The number of aliphatic imine (C=N–C) groups is 1. The number of likely N-dealkylation sites (tertiary alicyclic amines) is 1. The smallest absolute Gasteiger partial charge is 0.214 e. The highest BCUT2D eigenvalue weighted by atomic mass is 127. The molecular formula is C22H34IN5O. The molecule has 3 rings (SSSR count). The molecule has 2 N–H and O–H groups in total. The van der Waals surface area contributed by atoms with Gasteiger partial charge in [0.2, 0.25) is 5.89 Å². The highest BCUT2D eigenvalue weighted by molar-refractivity contribution is 14.0. The van der Waals surface area contributed by atoms with Crippen molar-refractivity contribution in [2.75, 3.05) is 20.1 Å². The highest BCUT2D eigenvalue weighted by Crippen LogP contribution is 2.14. The number of benzene rings is 1. The number of halogens is 1. The molecule has 0 bridgehead atoms. The number of oxazole rings is 1. The van der Waals surface area contributed by atoms with Gasteiger partial charge in [-0.3, -0.25) is 9.89 Å². The summed E-state index contributed by atoms with van der Waals surface area (Å²) < 4.78 is 5.61. The largest absolute Gasteiger partial charge is 0.444 e. The van der Waals surface area contributed by atoms with Gasteiger partial charge in [-0.25, -0.2) is 4.98 Å². The van der Waals surface area contributed by atoms with E-state index in [1.165, 1.54) is 49.9 Å². The first-order valence-electron chi connectivity index (χ1n) is 10.3. The number of hydrogen-bond acceptors (Lipinski definition) is 4. The van der Waals surface area contributed by atoms with Crippen LogP contribution in [0.5, 0.6) is 0 Å². The minimum absolute atomic E-state index is 0. The summed E-state index contributed by atoms with van der Waals surface area (Å²) in [6.45, 7) is 8.62. The monoisotopic (exact) mass is 511 g/mol. The second-order valence-corrected chi connectivity index (χ2v) is 7.54. The molecule has 2 heterocycles. The van der Waals surface area contributed by atoms with Gasteiger partial charge < -0.3 is 15.1 Å². The van der Waals surface area contributed by atoms with E-state index < -0.39 is 0 Å². The summed E-state index contributed by atoms with van der Waals surface area (Å²) >= 11 is 0. The van der Waals surface area contributed by atoms with Crippen molar-refractivity contribution in [1.82, 2.24) is 20.5 Å². The van der Waals surface area contributed by atoms with E-state index >= 15 is 0 Å². The Kier molecular flexibility index (Phi) is 9.93. The van der Waals surface area contributed by atoms with Gasteiger partial charge in [-0.15, -0.1) is 24.0 Å². The molecule has 6 nitrogen and oxygen atoms in total. The summed E-state index contributed by atoms with van der Waals surface area (Å²) in [5, 5.41) is 6.63. The molecule has 0 aliphatic carbocycles. The van der Waals surface area contributed by atoms with E-state index in [-0.39, 0.29) is 24.0 Å². The first-order valence-corrected chi connectivity index (χ1v) is 10.3. The maximum atomic E-state index is 5.61. The Balaban J connectivity index is 0.00000300. The lowest BCUT2D eigenvalue weighted by Crippen LogP contribution is -2.36. The van der Waals surface area contributed by atoms with E-state index in [9.17, 15) is 0 Å². The van der Waals surface area contributed by atoms with Gasteiger partial charge in [0.25, 0.3) is 0 Å². The van der Waals surface area contributed by atoms with Crippen LogP contribution in [0.3, 0.4) is 0 Å². The Hall–Kier alpha value is -1.61. The van der Waals surface area contributed by atoms with Crippen LogP contribution in [0.2, 0.25) is 0 Å². The first kappa shape index (κ1) is 23.7. The van der Waals surface area contributed by atoms with Crippen molar-refractivity contribution in [2.24, 2.45) is 4.99 Å². The van der Waals surface area contributed by atoms with E-state index in [4.69, 9.17) is 4.42 Å². The van der Waals surface area contributed by atoms with Crippen LogP contribution in [-0.2, 0) is 19.6 Å². The molecule has 29 heavy (non-hydrogen) atoms. The standard InChI is InChI=1S/C22H33N5O.HI/c1-17-18(2)28-21(26-17)15-25-22(23-3)24-14-19-9-8-10-20(13-19)16-27-11-6-4-5-7-12-27;/h8-10,13H,4-7,11-12,14-16H2,1-3H3,(H2,23,24,25);1H. The zero-order valence-corrected chi connectivity index (χ0v) is 20.2. The number of hydrogen-bond donors (Lipinski definition) is 2. The lowest BCUT2D eigenvalue weighted by molar-refractivity contribution is 0.277. The fourth-order valence-electron chi connectivity index (χ4n) is 3.57. The molecule has 0 radical (unpaired) electrons. The van der Waals surface area contributed by atoms with Crippen LogP contribution < -0.4 is 10.6 Å². The average molecular weight is 511 g/mol. The van der Waals surface area contributed by atoms with E-state index in [1.807, 2.05) is 13.8 Å². The molecule has 1 aromatic carbocycles. The fraction of sp³-hybridized carbons (Fsp3) is 0.545. The maximum Gasteiger partial charge on any atom is 0.214 e. The number of nitrogens with zero attached hydrogens (tertiary/aromatic N) is 3. The number of guanidine groups is 1. The molecule has 2 aromatic rings. The second-order valence-electron chi connectivity index (χ2n) is 7.54. The molecule has 1 aromatic heterocycles. The van der Waals surface area contributed by atoms with Gasteiger partial charge in [0, 0.05) is 20.1 Å². The van der Waals surface area contributed by atoms with Gasteiger partial charge in [-0.05, 0) is 50.9 Å². The number of aryl methyl sites for hydroxylation is 2. The lowest BCUT2D eigenvalue weighted by atomic mass is 10.1.